The van der Waals surface area contributed by atoms with E-state index in [1.807, 2.05) is 40.7 Å². The largest absolute Gasteiger partial charge is 0.445 e. The number of carbonyl (C=O) groups excluding carboxylic acids is 3. The molecule has 7 nitrogen and oxygen atoms in total. The first-order valence-electron chi connectivity index (χ1n) is 11.2. The topological polar surface area (TPSA) is 87.7 Å². The molecule has 0 radical (unpaired) electrons. The van der Waals surface area contributed by atoms with Gasteiger partial charge in [-0.3, -0.25) is 14.9 Å². The highest BCUT2D eigenvalue weighted by Crippen LogP contribution is 2.27. The van der Waals surface area contributed by atoms with Crippen LogP contribution in [0.25, 0.3) is 0 Å². The summed E-state index contributed by atoms with van der Waals surface area (Å²) >= 11 is 0. The Bertz CT molecular complexity index is 674. The summed E-state index contributed by atoms with van der Waals surface area (Å²) in [4.78, 5) is 40.0. The summed E-state index contributed by atoms with van der Waals surface area (Å²) < 4.78 is 5.31. The lowest BCUT2D eigenvalue weighted by atomic mass is 9.79. The van der Waals surface area contributed by atoms with Crippen LogP contribution in [0.4, 0.5) is 4.79 Å². The zero-order valence-corrected chi connectivity index (χ0v) is 20.9. The van der Waals surface area contributed by atoms with Crippen molar-refractivity contribution in [2.75, 3.05) is 26.2 Å². The van der Waals surface area contributed by atoms with Crippen LogP contribution in [0.1, 0.15) is 60.8 Å². The van der Waals surface area contributed by atoms with Crippen LogP contribution in [-0.2, 0) is 14.3 Å². The first-order chi connectivity index (χ1) is 14.0. The first-order valence-corrected chi connectivity index (χ1v) is 11.2. The van der Waals surface area contributed by atoms with Gasteiger partial charge in [-0.25, -0.2) is 4.79 Å². The van der Waals surface area contributed by atoms with E-state index < -0.39 is 17.2 Å². The monoisotopic (exact) mass is 455 g/mol. The molecule has 2 bridgehead atoms. The van der Waals surface area contributed by atoms with Gasteiger partial charge in [0.1, 0.15) is 12.1 Å². The number of hydrogen-bond acceptors (Lipinski definition) is 6. The van der Waals surface area contributed by atoms with Crippen molar-refractivity contribution in [3.05, 3.63) is 12.2 Å². The van der Waals surface area contributed by atoms with E-state index in [0.717, 1.165) is 19.3 Å². The number of amides is 1. The molecule has 0 aliphatic carbocycles. The van der Waals surface area contributed by atoms with E-state index in [1.165, 1.54) is 4.90 Å². The molecule has 2 atom stereocenters. The molecule has 2 N–H and O–H groups in total. The number of nitrogens with one attached hydrogen (secondary N) is 2. The Labute approximate surface area is 194 Å². The minimum absolute atomic E-state index is 0. The molecule has 0 aromatic carbocycles. The van der Waals surface area contributed by atoms with Gasteiger partial charge in [0.05, 0.1) is 25.2 Å². The van der Waals surface area contributed by atoms with Crippen LogP contribution < -0.4 is 10.6 Å². The molecule has 178 valence electrons. The van der Waals surface area contributed by atoms with Crippen molar-refractivity contribution in [1.29, 1.82) is 0 Å². The summed E-state index contributed by atoms with van der Waals surface area (Å²) in [6.45, 7) is 12.6. The zero-order chi connectivity index (χ0) is 22.5. The van der Waals surface area contributed by atoms with Gasteiger partial charge < -0.3 is 15.0 Å². The lowest BCUT2D eigenvalue weighted by Crippen LogP contribution is -2.75. The van der Waals surface area contributed by atoms with Crippen LogP contribution in [0.2, 0.25) is 0 Å². The highest BCUT2D eigenvalue weighted by molar-refractivity contribution is 7.59. The summed E-state index contributed by atoms with van der Waals surface area (Å²) in [5, 5.41) is 6.68. The number of ether oxygens (including phenoxy) is 1. The van der Waals surface area contributed by atoms with Gasteiger partial charge in [-0.2, -0.15) is 13.5 Å². The zero-order valence-electron chi connectivity index (χ0n) is 19.9. The van der Waals surface area contributed by atoms with E-state index in [2.05, 4.69) is 23.6 Å². The van der Waals surface area contributed by atoms with E-state index in [-0.39, 0.29) is 63.3 Å². The van der Waals surface area contributed by atoms with Gasteiger partial charge in [0.25, 0.3) is 0 Å². The van der Waals surface area contributed by atoms with Crippen LogP contribution in [0.15, 0.2) is 12.2 Å². The molecule has 3 rings (SSSR count). The van der Waals surface area contributed by atoms with E-state index >= 15 is 0 Å². The molecule has 3 aliphatic heterocycles. The molecule has 0 saturated carbocycles. The molecule has 1 amide bonds. The Kier molecular flexibility index (Phi) is 10.2. The number of fused-ring (bicyclic) bond motifs is 11. The third-order valence-electron chi connectivity index (χ3n) is 6.09. The average Bonchev–Trinajstić information content (AvgIpc) is 2.62. The Balaban J connectivity index is 0.00000480. The van der Waals surface area contributed by atoms with E-state index in [9.17, 15) is 14.4 Å². The predicted molar refractivity (Wildman–Crippen MR) is 128 cm³/mol. The molecule has 1 saturated heterocycles. The molecule has 31 heavy (non-hydrogen) atoms. The summed E-state index contributed by atoms with van der Waals surface area (Å²) in [5.74, 6) is 0.213. The molecule has 1 unspecified atom stereocenters. The minimum atomic E-state index is -0.886. The Morgan fingerprint density at radius 1 is 1.26 bits per heavy atom. The maximum atomic E-state index is 13.3. The normalized spacial score (nSPS) is 30.6. The van der Waals surface area contributed by atoms with Crippen LogP contribution in [-0.4, -0.2) is 65.9 Å². The summed E-state index contributed by atoms with van der Waals surface area (Å²) in [5.41, 5.74) is -1.55. The Morgan fingerprint density at radius 2 is 1.90 bits per heavy atom. The second-order valence-electron chi connectivity index (χ2n) is 9.74. The second-order valence-corrected chi connectivity index (χ2v) is 9.74. The fourth-order valence-electron chi connectivity index (χ4n) is 4.39. The number of hydrogen-bond donors (Lipinski definition) is 2. The number of nitrogens with zero attached hydrogens (tertiary/aromatic N) is 1. The SMILES string of the molecule is CC1C=CCOC(=O)N2CC(C(=O)C(C)C)(C2)NCC(=O)[C@@](C)(NC(C)C)CCC1.S. The van der Waals surface area contributed by atoms with Crippen LogP contribution in [0.3, 0.4) is 0 Å². The molecule has 1 fully saturated rings. The van der Waals surface area contributed by atoms with E-state index in [0.29, 0.717) is 5.92 Å². The van der Waals surface area contributed by atoms with E-state index in [4.69, 9.17) is 4.74 Å². The van der Waals surface area contributed by atoms with Crippen molar-refractivity contribution < 1.29 is 19.1 Å². The van der Waals surface area contributed by atoms with Crippen LogP contribution in [0.5, 0.6) is 0 Å². The Hall–Kier alpha value is -1.38. The van der Waals surface area contributed by atoms with Gasteiger partial charge in [-0.15, -0.1) is 0 Å². The molecule has 8 heteroatoms. The lowest BCUT2D eigenvalue weighted by molar-refractivity contribution is -0.136. The summed E-state index contributed by atoms with van der Waals surface area (Å²) in [7, 11) is 0. The minimum Gasteiger partial charge on any atom is -0.445 e. The number of carbonyl (C=O) groups is 3. The number of ketones is 2. The summed E-state index contributed by atoms with van der Waals surface area (Å²) in [6.07, 6.45) is 6.08. The van der Waals surface area contributed by atoms with Gasteiger partial charge in [-0.05, 0) is 39.5 Å². The molecule has 3 aliphatic rings. The highest BCUT2D eigenvalue weighted by Gasteiger charge is 2.52. The van der Waals surface area contributed by atoms with Gasteiger partial charge in [0.15, 0.2) is 11.6 Å². The maximum Gasteiger partial charge on any atom is 0.410 e. The van der Waals surface area contributed by atoms with Crippen molar-refractivity contribution in [3.63, 3.8) is 0 Å². The molecule has 0 aromatic heterocycles. The molecule has 0 spiro atoms. The Morgan fingerprint density at radius 3 is 2.48 bits per heavy atom. The van der Waals surface area contributed by atoms with Crippen molar-refractivity contribution in [2.24, 2.45) is 11.8 Å². The number of Topliss-reactive ketones (excluding diaryl/α,β-unsaturated/α-hetero) is 2. The molecule has 3 heterocycles. The van der Waals surface area contributed by atoms with Crippen molar-refractivity contribution in [3.8, 4) is 0 Å². The van der Waals surface area contributed by atoms with Gasteiger partial charge >= 0.3 is 6.09 Å². The highest BCUT2D eigenvalue weighted by atomic mass is 32.1. The average molecular weight is 456 g/mol. The smallest absolute Gasteiger partial charge is 0.410 e. The fourth-order valence-corrected chi connectivity index (χ4v) is 4.39. The van der Waals surface area contributed by atoms with Crippen molar-refractivity contribution in [2.45, 2.75) is 77.9 Å². The second kappa shape index (κ2) is 11.5. The van der Waals surface area contributed by atoms with Crippen molar-refractivity contribution >= 4 is 31.2 Å². The number of rotatable bonds is 4. The third kappa shape index (κ3) is 7.05. The standard InChI is InChI=1S/C23H39N3O4.H2S/c1-16(2)20(28)23-14-26(15-23)21(29)30-12-8-10-18(5)9-7-11-22(6,25-17(3)4)19(27)13-24-23;/h8,10,16-18,24-25H,7,9,11-15H2,1-6H3;1H2/t18?,22-;/m0./s1. The van der Waals surface area contributed by atoms with Crippen LogP contribution in [0, 0.1) is 11.8 Å². The predicted octanol–water partition coefficient (Wildman–Crippen LogP) is 2.81. The van der Waals surface area contributed by atoms with Crippen LogP contribution >= 0.6 is 13.5 Å². The third-order valence-corrected chi connectivity index (χ3v) is 6.09. The van der Waals surface area contributed by atoms with E-state index in [1.54, 1.807) is 0 Å². The lowest BCUT2D eigenvalue weighted by Gasteiger charge is -2.49. The number of allylic oxidation sites excluding steroid dienone is 1. The fraction of sp³-hybridized carbons (Fsp3) is 0.783. The molecule has 0 aromatic rings. The quantitative estimate of drug-likeness (QED) is 0.634. The van der Waals surface area contributed by atoms with Gasteiger partial charge in [0.2, 0.25) is 0 Å². The first kappa shape index (κ1) is 27.7. The van der Waals surface area contributed by atoms with Gasteiger partial charge in [-0.1, -0.05) is 39.3 Å². The van der Waals surface area contributed by atoms with Gasteiger partial charge in [0, 0.05) is 12.0 Å². The maximum absolute atomic E-state index is 13.3. The molecular weight excluding hydrogens is 414 g/mol. The van der Waals surface area contributed by atoms with Crippen molar-refractivity contribution in [1.82, 2.24) is 15.5 Å². The molecular formula is C23H41N3O4S. The summed E-state index contributed by atoms with van der Waals surface area (Å²) in [6, 6.07) is 0.169.